The number of rotatable bonds is 0. The van der Waals surface area contributed by atoms with Crippen LogP contribution in [0.1, 0.15) is 5.56 Å². The number of aryl methyl sites for hydroxylation is 1. The van der Waals surface area contributed by atoms with Crippen molar-refractivity contribution in [1.82, 2.24) is 0 Å². The Bertz CT molecular complexity index is 165. The topological polar surface area (TPSA) is 0 Å². The normalized spacial score (nSPS) is 8.22. The fraction of sp³-hybridized carbons (Fsp3) is 0.143. The van der Waals surface area contributed by atoms with Gasteiger partial charge in [-0.05, 0) is 0 Å². The largest absolute Gasteiger partial charge is 0.183 e. The van der Waals surface area contributed by atoms with E-state index in [0.717, 1.165) is 0 Å². The first-order valence-electron chi connectivity index (χ1n) is 2.53. The zero-order valence-corrected chi connectivity index (χ0v) is 7.81. The summed E-state index contributed by atoms with van der Waals surface area (Å²) in [5.41, 5.74) is 1.30. The van der Waals surface area contributed by atoms with Gasteiger partial charge in [-0.1, -0.05) is 6.92 Å². The fourth-order valence-electron chi connectivity index (χ4n) is 0.521. The van der Waals surface area contributed by atoms with Gasteiger partial charge in [0.15, 0.2) is 0 Å². The molecule has 0 aliphatic heterocycles. The summed E-state index contributed by atoms with van der Waals surface area (Å²) in [4.78, 5) is 0. The SMILES string of the molecule is Cc1cc[c-]cc1P.[V]. The van der Waals surface area contributed by atoms with Crippen LogP contribution in [-0.2, 0) is 18.6 Å². The minimum Gasteiger partial charge on any atom is -0.183 e. The smallest absolute Gasteiger partial charge is 0 e. The van der Waals surface area contributed by atoms with Gasteiger partial charge in [-0.15, -0.1) is 5.30 Å². The summed E-state index contributed by atoms with van der Waals surface area (Å²) in [7, 11) is 2.66. The van der Waals surface area contributed by atoms with Crippen molar-refractivity contribution in [2.24, 2.45) is 0 Å². The molecule has 1 radical (unpaired) electrons. The van der Waals surface area contributed by atoms with Gasteiger partial charge in [0.1, 0.15) is 0 Å². The van der Waals surface area contributed by atoms with Crippen LogP contribution in [0.5, 0.6) is 0 Å². The number of hydrogen-bond donors (Lipinski definition) is 0. The van der Waals surface area contributed by atoms with Crippen molar-refractivity contribution in [3.8, 4) is 0 Å². The monoisotopic (exact) mass is 174 g/mol. The Morgan fingerprint density at radius 3 is 2.56 bits per heavy atom. The quantitative estimate of drug-likeness (QED) is 0.410. The van der Waals surface area contributed by atoms with Crippen LogP contribution in [0.2, 0.25) is 0 Å². The second-order valence-electron chi connectivity index (χ2n) is 1.78. The Labute approximate surface area is 70.1 Å². The fourth-order valence-corrected chi connectivity index (χ4v) is 0.714. The van der Waals surface area contributed by atoms with Gasteiger partial charge < -0.3 is 0 Å². The standard InChI is InChI=1S/C7H8P.V/c1-6-4-2-3-5-7(6)8;/h2,4-5H,8H2,1H3;/q-1;. The predicted octanol–water partition coefficient (Wildman–Crippen LogP) is 1.29. The molecule has 0 bridgehead atoms. The Kier molecular flexibility index (Phi) is 4.22. The predicted molar refractivity (Wildman–Crippen MR) is 39.4 cm³/mol. The van der Waals surface area contributed by atoms with E-state index in [4.69, 9.17) is 0 Å². The molecule has 47 valence electrons. The van der Waals surface area contributed by atoms with Gasteiger partial charge in [0, 0.05) is 18.6 Å². The van der Waals surface area contributed by atoms with Crippen LogP contribution in [0.25, 0.3) is 0 Å². The van der Waals surface area contributed by atoms with Gasteiger partial charge in [-0.2, -0.15) is 39.1 Å². The third kappa shape index (κ3) is 2.54. The second-order valence-corrected chi connectivity index (χ2v) is 2.40. The molecule has 0 amide bonds. The molecule has 2 heteroatoms. The molecular weight excluding hydrogens is 166 g/mol. The third-order valence-corrected chi connectivity index (χ3v) is 1.75. The summed E-state index contributed by atoms with van der Waals surface area (Å²) < 4.78 is 0. The van der Waals surface area contributed by atoms with Crippen LogP contribution in [0, 0.1) is 13.0 Å². The van der Waals surface area contributed by atoms with Gasteiger partial charge in [-0.3, -0.25) is 0 Å². The first-order chi connectivity index (χ1) is 3.80. The Hall–Kier alpha value is 0.234. The summed E-state index contributed by atoms with van der Waals surface area (Å²) in [6.07, 6.45) is 0. The van der Waals surface area contributed by atoms with Crippen LogP contribution >= 0.6 is 9.24 Å². The van der Waals surface area contributed by atoms with Crippen molar-refractivity contribution in [2.45, 2.75) is 6.92 Å². The molecule has 0 heterocycles. The summed E-state index contributed by atoms with van der Waals surface area (Å²) in [6.45, 7) is 2.08. The van der Waals surface area contributed by atoms with Crippen molar-refractivity contribution in [3.05, 3.63) is 29.8 Å². The molecule has 0 spiro atoms. The Balaban J connectivity index is 0.000000640. The summed E-state index contributed by atoms with van der Waals surface area (Å²) in [5.74, 6) is 0. The van der Waals surface area contributed by atoms with Crippen LogP contribution in [0.15, 0.2) is 18.2 Å². The maximum Gasteiger partial charge on any atom is 0 e. The molecule has 1 aromatic carbocycles. The Morgan fingerprint density at radius 1 is 1.56 bits per heavy atom. The number of hydrogen-bond acceptors (Lipinski definition) is 0. The van der Waals surface area contributed by atoms with E-state index in [1.54, 1.807) is 0 Å². The molecule has 0 aliphatic rings. The molecule has 0 saturated heterocycles. The summed E-state index contributed by atoms with van der Waals surface area (Å²) in [6, 6.07) is 8.90. The van der Waals surface area contributed by atoms with E-state index in [9.17, 15) is 0 Å². The maximum atomic E-state index is 2.98. The van der Waals surface area contributed by atoms with Gasteiger partial charge in [-0.25, -0.2) is 0 Å². The molecule has 0 aliphatic carbocycles. The molecule has 9 heavy (non-hydrogen) atoms. The van der Waals surface area contributed by atoms with E-state index in [1.165, 1.54) is 10.9 Å². The average Bonchev–Trinajstić information content (AvgIpc) is 1.77. The van der Waals surface area contributed by atoms with E-state index >= 15 is 0 Å². The van der Waals surface area contributed by atoms with Gasteiger partial charge >= 0.3 is 0 Å². The van der Waals surface area contributed by atoms with E-state index in [-0.39, 0.29) is 18.6 Å². The molecule has 1 atom stereocenters. The molecule has 0 aromatic heterocycles. The molecule has 0 nitrogen and oxygen atoms in total. The van der Waals surface area contributed by atoms with Gasteiger partial charge in [0.2, 0.25) is 0 Å². The molecular formula is C7H8PV-. The van der Waals surface area contributed by atoms with E-state index < -0.39 is 0 Å². The molecule has 0 fully saturated rings. The molecule has 1 aromatic rings. The minimum absolute atomic E-state index is 0. The molecule has 0 N–H and O–H groups in total. The summed E-state index contributed by atoms with van der Waals surface area (Å²) >= 11 is 0. The van der Waals surface area contributed by atoms with Crippen molar-refractivity contribution in [2.75, 3.05) is 0 Å². The molecule has 1 rings (SSSR count). The zero-order chi connectivity index (χ0) is 5.98. The van der Waals surface area contributed by atoms with E-state index in [1.807, 2.05) is 18.2 Å². The van der Waals surface area contributed by atoms with Crippen LogP contribution in [-0.4, -0.2) is 0 Å². The van der Waals surface area contributed by atoms with Crippen molar-refractivity contribution >= 4 is 14.5 Å². The van der Waals surface area contributed by atoms with Gasteiger partial charge in [0.25, 0.3) is 0 Å². The first-order valence-corrected chi connectivity index (χ1v) is 3.10. The molecule has 0 saturated carbocycles. The van der Waals surface area contributed by atoms with Gasteiger partial charge in [0.05, 0.1) is 0 Å². The van der Waals surface area contributed by atoms with E-state index in [0.29, 0.717) is 0 Å². The van der Waals surface area contributed by atoms with Crippen molar-refractivity contribution in [3.63, 3.8) is 0 Å². The Morgan fingerprint density at radius 2 is 2.22 bits per heavy atom. The second kappa shape index (κ2) is 4.11. The minimum atomic E-state index is 0. The van der Waals surface area contributed by atoms with E-state index in [2.05, 4.69) is 22.2 Å². The van der Waals surface area contributed by atoms with Crippen molar-refractivity contribution in [1.29, 1.82) is 0 Å². The van der Waals surface area contributed by atoms with Crippen LogP contribution in [0.3, 0.4) is 0 Å². The van der Waals surface area contributed by atoms with Crippen molar-refractivity contribution < 1.29 is 18.6 Å². The maximum absolute atomic E-state index is 2.98. The third-order valence-electron chi connectivity index (χ3n) is 1.12. The summed E-state index contributed by atoms with van der Waals surface area (Å²) in [5, 5.41) is 1.23. The zero-order valence-electron chi connectivity index (χ0n) is 5.26. The molecule has 1 unspecified atom stereocenters. The van der Waals surface area contributed by atoms with Crippen LogP contribution in [0.4, 0.5) is 0 Å². The first kappa shape index (κ1) is 9.23. The number of benzene rings is 1. The average molecular weight is 174 g/mol. The van der Waals surface area contributed by atoms with Crippen LogP contribution < -0.4 is 5.30 Å².